The zero-order valence-corrected chi connectivity index (χ0v) is 9.29. The summed E-state index contributed by atoms with van der Waals surface area (Å²) in [6.07, 6.45) is 5.67. The van der Waals surface area contributed by atoms with Crippen LogP contribution in [0.5, 0.6) is 0 Å². The molecule has 1 aliphatic heterocycles. The highest BCUT2D eigenvalue weighted by Gasteiger charge is 2.21. The molecule has 0 aromatic carbocycles. The fraction of sp³-hybridized carbons (Fsp3) is 0.818. The van der Waals surface area contributed by atoms with E-state index in [1.807, 2.05) is 13.0 Å². The number of hydrogen-bond donors (Lipinski definition) is 0. The molecule has 0 bridgehead atoms. The van der Waals surface area contributed by atoms with Crippen molar-refractivity contribution in [3.05, 3.63) is 11.8 Å². The highest BCUT2D eigenvalue weighted by atomic mass is 16.7. The van der Waals surface area contributed by atoms with Gasteiger partial charge in [-0.1, -0.05) is 13.3 Å². The van der Waals surface area contributed by atoms with Crippen molar-refractivity contribution < 1.29 is 14.2 Å². The lowest BCUT2D eigenvalue weighted by Crippen LogP contribution is -2.27. The van der Waals surface area contributed by atoms with Crippen molar-refractivity contribution in [2.45, 2.75) is 45.3 Å². The molecule has 0 aromatic rings. The Kier molecular flexibility index (Phi) is 4.98. The average Bonchev–Trinajstić information content (AvgIpc) is 2.14. The molecule has 0 radical (unpaired) electrons. The summed E-state index contributed by atoms with van der Waals surface area (Å²) in [4.78, 5) is 0. The molecule has 0 saturated heterocycles. The minimum absolute atomic E-state index is 0.153. The third kappa shape index (κ3) is 3.68. The highest BCUT2D eigenvalue weighted by Crippen LogP contribution is 2.22. The summed E-state index contributed by atoms with van der Waals surface area (Å²) >= 11 is 0. The Morgan fingerprint density at radius 1 is 1.57 bits per heavy atom. The molecule has 1 rings (SSSR count). The second kappa shape index (κ2) is 6.04. The molecular formula is C11H20O3. The molecule has 0 amide bonds. The normalized spacial score (nSPS) is 26.9. The Bertz CT molecular complexity index is 189. The number of methoxy groups -OCH3 is 1. The molecule has 14 heavy (non-hydrogen) atoms. The summed E-state index contributed by atoms with van der Waals surface area (Å²) in [5.74, 6) is 0.968. The first-order chi connectivity index (χ1) is 6.76. The zero-order valence-electron chi connectivity index (χ0n) is 9.29. The number of hydrogen-bond acceptors (Lipinski definition) is 3. The molecule has 0 unspecified atom stereocenters. The van der Waals surface area contributed by atoms with Crippen molar-refractivity contribution >= 4 is 0 Å². The van der Waals surface area contributed by atoms with Gasteiger partial charge in [-0.05, 0) is 19.4 Å². The largest absolute Gasteiger partial charge is 0.495 e. The van der Waals surface area contributed by atoms with Crippen LogP contribution in [0.1, 0.15) is 33.1 Å². The van der Waals surface area contributed by atoms with Crippen molar-refractivity contribution in [2.24, 2.45) is 0 Å². The Hall–Kier alpha value is -0.540. The highest BCUT2D eigenvalue weighted by molar-refractivity contribution is 5.00. The van der Waals surface area contributed by atoms with Crippen LogP contribution in [0.4, 0.5) is 0 Å². The summed E-state index contributed by atoms with van der Waals surface area (Å²) in [6, 6.07) is 0. The van der Waals surface area contributed by atoms with Gasteiger partial charge in [0.25, 0.3) is 0 Å². The van der Waals surface area contributed by atoms with Crippen LogP contribution in [-0.2, 0) is 14.2 Å². The maximum Gasteiger partial charge on any atom is 0.147 e. The van der Waals surface area contributed by atoms with Gasteiger partial charge in [0.2, 0.25) is 0 Å². The predicted molar refractivity (Wildman–Crippen MR) is 54.9 cm³/mol. The van der Waals surface area contributed by atoms with E-state index in [1.54, 1.807) is 7.11 Å². The second-order valence-electron chi connectivity index (χ2n) is 3.65. The van der Waals surface area contributed by atoms with Crippen molar-refractivity contribution in [1.29, 1.82) is 0 Å². The smallest absolute Gasteiger partial charge is 0.147 e. The topological polar surface area (TPSA) is 27.7 Å². The molecule has 1 heterocycles. The van der Waals surface area contributed by atoms with Crippen molar-refractivity contribution in [3.8, 4) is 0 Å². The fourth-order valence-corrected chi connectivity index (χ4v) is 1.71. The Balaban J connectivity index is 2.40. The summed E-state index contributed by atoms with van der Waals surface area (Å²) in [7, 11) is 1.64. The molecule has 0 aliphatic carbocycles. The molecule has 0 fully saturated rings. The van der Waals surface area contributed by atoms with Crippen LogP contribution in [0.2, 0.25) is 0 Å². The summed E-state index contributed by atoms with van der Waals surface area (Å²) < 4.78 is 16.1. The van der Waals surface area contributed by atoms with Gasteiger partial charge in [-0.2, -0.15) is 0 Å². The van der Waals surface area contributed by atoms with E-state index >= 15 is 0 Å². The van der Waals surface area contributed by atoms with Crippen molar-refractivity contribution in [1.82, 2.24) is 0 Å². The molecule has 1 aliphatic rings. The number of ether oxygens (including phenoxy) is 3. The van der Waals surface area contributed by atoms with E-state index in [-0.39, 0.29) is 6.10 Å². The molecular weight excluding hydrogens is 180 g/mol. The van der Waals surface area contributed by atoms with Gasteiger partial charge >= 0.3 is 0 Å². The lowest BCUT2D eigenvalue weighted by molar-refractivity contribution is -0.0793. The van der Waals surface area contributed by atoms with Gasteiger partial charge in [-0.15, -0.1) is 0 Å². The van der Waals surface area contributed by atoms with E-state index in [2.05, 4.69) is 6.92 Å². The maximum atomic E-state index is 5.68. The van der Waals surface area contributed by atoms with Crippen LogP contribution >= 0.6 is 0 Å². The Morgan fingerprint density at radius 3 is 3.00 bits per heavy atom. The first-order valence-electron chi connectivity index (χ1n) is 5.21. The molecule has 0 saturated carbocycles. The van der Waals surface area contributed by atoms with E-state index in [0.29, 0.717) is 12.9 Å². The van der Waals surface area contributed by atoms with Gasteiger partial charge in [-0.3, -0.25) is 0 Å². The van der Waals surface area contributed by atoms with E-state index in [4.69, 9.17) is 14.2 Å². The van der Waals surface area contributed by atoms with E-state index in [1.165, 1.54) is 0 Å². The van der Waals surface area contributed by atoms with E-state index in [9.17, 15) is 0 Å². The van der Waals surface area contributed by atoms with Gasteiger partial charge in [0.1, 0.15) is 12.9 Å². The van der Waals surface area contributed by atoms with Crippen molar-refractivity contribution in [3.63, 3.8) is 0 Å². The van der Waals surface area contributed by atoms with Gasteiger partial charge in [-0.25, -0.2) is 0 Å². The van der Waals surface area contributed by atoms with Gasteiger partial charge in [0.15, 0.2) is 0 Å². The standard InChI is InChI=1S/C11H20O3/c1-4-5-10-7-11(13-8-12-3)6-9(2)14-10/h6,10-11H,4-5,7-8H2,1-3H3/t10-,11-/m0/s1. The van der Waals surface area contributed by atoms with E-state index < -0.39 is 0 Å². The van der Waals surface area contributed by atoms with Crippen LogP contribution in [0, 0.1) is 0 Å². The molecule has 0 N–H and O–H groups in total. The summed E-state index contributed by atoms with van der Waals surface area (Å²) in [5.41, 5.74) is 0. The summed E-state index contributed by atoms with van der Waals surface area (Å²) in [5, 5.41) is 0. The Labute approximate surface area is 86.0 Å². The van der Waals surface area contributed by atoms with Crippen LogP contribution in [0.25, 0.3) is 0 Å². The third-order valence-electron chi connectivity index (χ3n) is 2.28. The molecule has 3 nitrogen and oxygen atoms in total. The zero-order chi connectivity index (χ0) is 10.4. The first-order valence-corrected chi connectivity index (χ1v) is 5.21. The molecule has 0 aromatic heterocycles. The second-order valence-corrected chi connectivity index (χ2v) is 3.65. The quantitative estimate of drug-likeness (QED) is 0.638. The SMILES string of the molecule is CCC[C@H]1C[C@@H](OCOC)C=C(C)O1. The maximum absolute atomic E-state index is 5.68. The molecule has 82 valence electrons. The first kappa shape index (κ1) is 11.5. The van der Waals surface area contributed by atoms with Crippen LogP contribution in [0.3, 0.4) is 0 Å². The third-order valence-corrected chi connectivity index (χ3v) is 2.28. The molecule has 0 spiro atoms. The Morgan fingerprint density at radius 2 is 2.36 bits per heavy atom. The summed E-state index contributed by atoms with van der Waals surface area (Å²) in [6.45, 7) is 4.50. The van der Waals surface area contributed by atoms with Gasteiger partial charge in [0.05, 0.1) is 11.9 Å². The number of rotatable bonds is 5. The lowest BCUT2D eigenvalue weighted by atomic mass is 10.0. The average molecular weight is 200 g/mol. The molecule has 2 atom stereocenters. The minimum atomic E-state index is 0.153. The molecule has 3 heteroatoms. The predicted octanol–water partition coefficient (Wildman–Crippen LogP) is 2.47. The fourth-order valence-electron chi connectivity index (χ4n) is 1.71. The van der Waals surface area contributed by atoms with Crippen LogP contribution in [-0.4, -0.2) is 26.1 Å². The monoisotopic (exact) mass is 200 g/mol. The van der Waals surface area contributed by atoms with Gasteiger partial charge in [0, 0.05) is 13.5 Å². The van der Waals surface area contributed by atoms with Crippen LogP contribution < -0.4 is 0 Å². The lowest BCUT2D eigenvalue weighted by Gasteiger charge is -2.28. The van der Waals surface area contributed by atoms with E-state index in [0.717, 1.165) is 25.0 Å². The minimum Gasteiger partial charge on any atom is -0.495 e. The number of allylic oxidation sites excluding steroid dienone is 1. The van der Waals surface area contributed by atoms with Crippen molar-refractivity contribution in [2.75, 3.05) is 13.9 Å². The van der Waals surface area contributed by atoms with Gasteiger partial charge < -0.3 is 14.2 Å². The van der Waals surface area contributed by atoms with Crippen LogP contribution in [0.15, 0.2) is 11.8 Å².